The van der Waals surface area contributed by atoms with Crippen LogP contribution in [0.3, 0.4) is 0 Å². The average molecular weight is 338 g/mol. The number of nitrogens with one attached hydrogen (secondary N) is 1. The van der Waals surface area contributed by atoms with Crippen molar-refractivity contribution in [1.82, 2.24) is 10.3 Å². The molecule has 1 aromatic carbocycles. The van der Waals surface area contributed by atoms with Crippen LogP contribution in [-0.4, -0.2) is 30.0 Å². The number of rotatable bonds is 3. The lowest BCUT2D eigenvalue weighted by atomic mass is 10.1. The summed E-state index contributed by atoms with van der Waals surface area (Å²) in [4.78, 5) is 18.0. The summed E-state index contributed by atoms with van der Waals surface area (Å²) in [5.41, 5.74) is -0.170. The first kappa shape index (κ1) is 15.7. The molecule has 1 aliphatic rings. The summed E-state index contributed by atoms with van der Waals surface area (Å²) in [6.45, 7) is 0.968. The molecule has 2 heterocycles. The second-order valence-corrected chi connectivity index (χ2v) is 5.72. The van der Waals surface area contributed by atoms with Crippen LogP contribution in [0.15, 0.2) is 36.5 Å². The molecule has 1 N–H and O–H groups in total. The van der Waals surface area contributed by atoms with Gasteiger partial charge in [-0.05, 0) is 30.7 Å². The molecule has 1 aromatic heterocycles. The number of carbonyl (C=O) groups is 1. The Balaban J connectivity index is 1.69. The predicted molar refractivity (Wildman–Crippen MR) is 83.7 cm³/mol. The molecule has 1 saturated heterocycles. The van der Waals surface area contributed by atoms with Gasteiger partial charge in [0.2, 0.25) is 0 Å². The summed E-state index contributed by atoms with van der Waals surface area (Å²) in [7, 11) is 0. The Kier molecular flexibility index (Phi) is 4.43. The number of aromatic nitrogens is 1. The number of carbonyl (C=O) groups excluding carboxylic acids is 1. The smallest absolute Gasteiger partial charge is 0.256 e. The third kappa shape index (κ3) is 3.27. The van der Waals surface area contributed by atoms with Crippen LogP contribution in [0.4, 0.5) is 14.6 Å². The van der Waals surface area contributed by atoms with Crippen LogP contribution < -0.4 is 10.2 Å². The van der Waals surface area contributed by atoms with Crippen molar-refractivity contribution in [3.8, 4) is 0 Å². The van der Waals surface area contributed by atoms with Crippen LogP contribution in [-0.2, 0) is 0 Å². The fraction of sp³-hybridized carbons (Fsp3) is 0.250. The van der Waals surface area contributed by atoms with Crippen molar-refractivity contribution in [2.24, 2.45) is 0 Å². The Morgan fingerprint density at radius 2 is 2.04 bits per heavy atom. The van der Waals surface area contributed by atoms with Gasteiger partial charge in [-0.2, -0.15) is 0 Å². The van der Waals surface area contributed by atoms with E-state index < -0.39 is 17.5 Å². The van der Waals surface area contributed by atoms with Crippen molar-refractivity contribution in [3.63, 3.8) is 0 Å². The van der Waals surface area contributed by atoms with Gasteiger partial charge in [-0.3, -0.25) is 4.79 Å². The largest absolute Gasteiger partial charge is 0.352 e. The summed E-state index contributed by atoms with van der Waals surface area (Å²) in [5.74, 6) is -1.38. The molecule has 0 bridgehead atoms. The molecular weight excluding hydrogens is 324 g/mol. The lowest BCUT2D eigenvalue weighted by molar-refractivity contribution is 0.0936. The monoisotopic (exact) mass is 337 g/mol. The van der Waals surface area contributed by atoms with E-state index in [1.54, 1.807) is 4.90 Å². The van der Waals surface area contributed by atoms with E-state index in [-0.39, 0.29) is 22.4 Å². The average Bonchev–Trinajstić information content (AvgIpc) is 2.95. The van der Waals surface area contributed by atoms with Crippen molar-refractivity contribution in [2.45, 2.75) is 12.5 Å². The second kappa shape index (κ2) is 6.50. The van der Waals surface area contributed by atoms with Gasteiger partial charge in [-0.15, -0.1) is 0 Å². The molecule has 1 amide bonds. The SMILES string of the molecule is O=C(N[C@H]1CCN(c2ncccc2F)C1)c1c(F)cccc1Cl. The molecule has 23 heavy (non-hydrogen) atoms. The quantitative estimate of drug-likeness (QED) is 0.936. The van der Waals surface area contributed by atoms with Gasteiger partial charge < -0.3 is 10.2 Å². The number of amides is 1. The highest BCUT2D eigenvalue weighted by Gasteiger charge is 2.28. The van der Waals surface area contributed by atoms with Gasteiger partial charge >= 0.3 is 0 Å². The van der Waals surface area contributed by atoms with E-state index in [0.29, 0.717) is 19.5 Å². The molecule has 0 aliphatic carbocycles. The van der Waals surface area contributed by atoms with Crippen LogP contribution in [0.5, 0.6) is 0 Å². The zero-order chi connectivity index (χ0) is 16.4. The number of pyridine rings is 1. The standard InChI is InChI=1S/C16H14ClF2N3O/c17-11-3-1-4-12(18)14(11)16(23)21-10-6-8-22(9-10)15-13(19)5-2-7-20-15/h1-5,7,10H,6,8-9H2,(H,21,23)/t10-/m0/s1. The minimum atomic E-state index is -0.666. The molecule has 3 rings (SSSR count). The van der Waals surface area contributed by atoms with Gasteiger partial charge in [-0.25, -0.2) is 13.8 Å². The van der Waals surface area contributed by atoms with Gasteiger partial charge in [-0.1, -0.05) is 17.7 Å². The molecule has 1 atom stereocenters. The molecule has 0 radical (unpaired) electrons. The third-order valence-electron chi connectivity index (χ3n) is 3.75. The normalized spacial score (nSPS) is 17.3. The van der Waals surface area contributed by atoms with Crippen LogP contribution >= 0.6 is 11.6 Å². The number of anilines is 1. The molecule has 4 nitrogen and oxygen atoms in total. The third-order valence-corrected chi connectivity index (χ3v) is 4.07. The maximum absolute atomic E-state index is 13.8. The first-order valence-electron chi connectivity index (χ1n) is 7.16. The minimum absolute atomic E-state index is 0.0631. The van der Waals surface area contributed by atoms with Gasteiger partial charge in [0.1, 0.15) is 5.82 Å². The molecule has 0 spiro atoms. The van der Waals surface area contributed by atoms with E-state index in [2.05, 4.69) is 10.3 Å². The zero-order valence-electron chi connectivity index (χ0n) is 12.1. The molecule has 1 aliphatic heterocycles. The maximum atomic E-state index is 13.8. The van der Waals surface area contributed by atoms with Crippen LogP contribution in [0.1, 0.15) is 16.8 Å². The molecule has 0 saturated carbocycles. The number of halogens is 3. The lowest BCUT2D eigenvalue weighted by Crippen LogP contribution is -2.37. The van der Waals surface area contributed by atoms with Crippen molar-refractivity contribution in [2.75, 3.05) is 18.0 Å². The number of nitrogens with zero attached hydrogens (tertiary/aromatic N) is 2. The number of hydrogen-bond acceptors (Lipinski definition) is 3. The first-order valence-corrected chi connectivity index (χ1v) is 7.54. The zero-order valence-corrected chi connectivity index (χ0v) is 12.9. The van der Waals surface area contributed by atoms with E-state index in [0.717, 1.165) is 0 Å². The van der Waals surface area contributed by atoms with Crippen molar-refractivity contribution < 1.29 is 13.6 Å². The molecule has 120 valence electrons. The Bertz CT molecular complexity index is 721. The fourth-order valence-electron chi connectivity index (χ4n) is 2.65. The molecule has 1 fully saturated rings. The van der Waals surface area contributed by atoms with Crippen LogP contribution in [0, 0.1) is 11.6 Å². The summed E-state index contributed by atoms with van der Waals surface area (Å²) in [5, 5.41) is 2.80. The Morgan fingerprint density at radius 1 is 1.26 bits per heavy atom. The van der Waals surface area contributed by atoms with Gasteiger partial charge in [0, 0.05) is 25.3 Å². The Hall–Kier alpha value is -2.21. The van der Waals surface area contributed by atoms with E-state index in [1.165, 1.54) is 36.5 Å². The molecule has 2 aromatic rings. The van der Waals surface area contributed by atoms with Gasteiger partial charge in [0.15, 0.2) is 11.6 Å². The highest BCUT2D eigenvalue weighted by molar-refractivity contribution is 6.33. The van der Waals surface area contributed by atoms with Crippen LogP contribution in [0.25, 0.3) is 0 Å². The molecule has 0 unspecified atom stereocenters. The summed E-state index contributed by atoms with van der Waals surface area (Å²) in [6, 6.07) is 6.73. The minimum Gasteiger partial charge on any atom is -0.352 e. The number of benzene rings is 1. The van der Waals surface area contributed by atoms with E-state index >= 15 is 0 Å². The van der Waals surface area contributed by atoms with Gasteiger partial charge in [0.05, 0.1) is 10.6 Å². The summed E-state index contributed by atoms with van der Waals surface area (Å²) >= 11 is 5.88. The van der Waals surface area contributed by atoms with E-state index in [9.17, 15) is 13.6 Å². The second-order valence-electron chi connectivity index (χ2n) is 5.31. The van der Waals surface area contributed by atoms with E-state index in [4.69, 9.17) is 11.6 Å². The lowest BCUT2D eigenvalue weighted by Gasteiger charge is -2.18. The fourth-order valence-corrected chi connectivity index (χ4v) is 2.90. The Labute approximate surface area is 137 Å². The highest BCUT2D eigenvalue weighted by Crippen LogP contribution is 2.22. The topological polar surface area (TPSA) is 45.2 Å². The Morgan fingerprint density at radius 3 is 2.78 bits per heavy atom. The molecule has 7 heteroatoms. The van der Waals surface area contributed by atoms with Crippen molar-refractivity contribution >= 4 is 23.3 Å². The summed E-state index contributed by atoms with van der Waals surface area (Å²) < 4.78 is 27.5. The highest BCUT2D eigenvalue weighted by atomic mass is 35.5. The molecular formula is C16H14ClF2N3O. The first-order chi connectivity index (χ1) is 11.1. The van der Waals surface area contributed by atoms with Gasteiger partial charge in [0.25, 0.3) is 5.91 Å². The summed E-state index contributed by atoms with van der Waals surface area (Å²) in [6.07, 6.45) is 2.14. The predicted octanol–water partition coefficient (Wildman–Crippen LogP) is 3.02. The van der Waals surface area contributed by atoms with E-state index in [1.807, 2.05) is 0 Å². The maximum Gasteiger partial charge on any atom is 0.256 e. The number of hydrogen-bond donors (Lipinski definition) is 1. The van der Waals surface area contributed by atoms with Crippen molar-refractivity contribution in [3.05, 3.63) is 58.7 Å². The van der Waals surface area contributed by atoms with Crippen LogP contribution in [0.2, 0.25) is 5.02 Å². The van der Waals surface area contributed by atoms with Crippen molar-refractivity contribution in [1.29, 1.82) is 0 Å².